The lowest BCUT2D eigenvalue weighted by Crippen LogP contribution is -2.33. The van der Waals surface area contributed by atoms with E-state index in [0.29, 0.717) is 17.9 Å². The van der Waals surface area contributed by atoms with Gasteiger partial charge in [-0.2, -0.15) is 11.3 Å². The Balaban J connectivity index is 1.73. The molecule has 0 bridgehead atoms. The van der Waals surface area contributed by atoms with E-state index in [0.717, 1.165) is 25.1 Å². The number of hydrogen-bond donors (Lipinski definition) is 1. The zero-order chi connectivity index (χ0) is 11.1. The molecule has 0 spiro atoms. The van der Waals surface area contributed by atoms with Gasteiger partial charge in [0.15, 0.2) is 0 Å². The highest BCUT2D eigenvalue weighted by molar-refractivity contribution is 7.08. The van der Waals surface area contributed by atoms with Gasteiger partial charge < -0.3 is 10.6 Å². The molecule has 1 amide bonds. The first-order chi connectivity index (χ1) is 7.75. The van der Waals surface area contributed by atoms with Gasteiger partial charge in [0, 0.05) is 24.5 Å². The number of hydrogen-bond acceptors (Lipinski definition) is 3. The third-order valence-corrected chi connectivity index (χ3v) is 4.65. The Hall–Kier alpha value is -0.870. The van der Waals surface area contributed by atoms with Crippen molar-refractivity contribution in [2.45, 2.75) is 18.9 Å². The van der Waals surface area contributed by atoms with E-state index >= 15 is 0 Å². The topological polar surface area (TPSA) is 46.3 Å². The first-order valence-corrected chi connectivity index (χ1v) is 6.77. The quantitative estimate of drug-likeness (QED) is 0.804. The van der Waals surface area contributed by atoms with Crippen LogP contribution in [0.15, 0.2) is 16.8 Å². The monoisotopic (exact) mass is 236 g/mol. The highest BCUT2D eigenvalue weighted by atomic mass is 32.1. The van der Waals surface area contributed by atoms with E-state index in [1.807, 2.05) is 21.7 Å². The van der Waals surface area contributed by atoms with Crippen molar-refractivity contribution in [2.75, 3.05) is 13.1 Å². The number of carbonyl (C=O) groups excluding carboxylic acids is 1. The van der Waals surface area contributed by atoms with Gasteiger partial charge in [0.1, 0.15) is 0 Å². The molecule has 1 aliphatic heterocycles. The summed E-state index contributed by atoms with van der Waals surface area (Å²) in [7, 11) is 0. The minimum Gasteiger partial charge on any atom is -0.338 e. The van der Waals surface area contributed by atoms with Gasteiger partial charge >= 0.3 is 0 Å². The zero-order valence-electron chi connectivity index (χ0n) is 9.13. The van der Waals surface area contributed by atoms with E-state index < -0.39 is 0 Å². The summed E-state index contributed by atoms with van der Waals surface area (Å²) < 4.78 is 0. The van der Waals surface area contributed by atoms with E-state index in [-0.39, 0.29) is 5.91 Å². The second-order valence-corrected chi connectivity index (χ2v) is 5.67. The van der Waals surface area contributed by atoms with Gasteiger partial charge in [-0.3, -0.25) is 4.79 Å². The number of thiophene rings is 1. The van der Waals surface area contributed by atoms with Crippen LogP contribution in [0.2, 0.25) is 0 Å². The summed E-state index contributed by atoms with van der Waals surface area (Å²) in [6, 6.07) is 2.21. The third kappa shape index (κ3) is 1.57. The molecule has 2 aliphatic rings. The van der Waals surface area contributed by atoms with Crippen LogP contribution in [0.5, 0.6) is 0 Å². The molecule has 16 heavy (non-hydrogen) atoms. The lowest BCUT2D eigenvalue weighted by atomic mass is 9.98. The fourth-order valence-electron chi connectivity index (χ4n) is 3.04. The minimum atomic E-state index is 0.183. The fourth-order valence-corrected chi connectivity index (χ4v) is 3.67. The molecule has 0 radical (unpaired) electrons. The lowest BCUT2D eigenvalue weighted by Gasteiger charge is -2.18. The van der Waals surface area contributed by atoms with E-state index in [2.05, 4.69) is 0 Å². The average molecular weight is 236 g/mol. The summed E-state index contributed by atoms with van der Waals surface area (Å²) in [5, 5.41) is 3.88. The van der Waals surface area contributed by atoms with Gasteiger partial charge in [-0.1, -0.05) is 0 Å². The predicted octanol–water partition coefficient (Wildman–Crippen LogP) is 1.56. The number of amides is 1. The molecule has 3 nitrogen and oxygen atoms in total. The van der Waals surface area contributed by atoms with Gasteiger partial charge in [-0.25, -0.2) is 0 Å². The van der Waals surface area contributed by atoms with Crippen LogP contribution in [0, 0.1) is 11.8 Å². The molecule has 1 aromatic rings. The van der Waals surface area contributed by atoms with Crippen LogP contribution in [-0.4, -0.2) is 29.9 Å². The molecule has 2 heterocycles. The van der Waals surface area contributed by atoms with Crippen LogP contribution in [0.1, 0.15) is 23.2 Å². The van der Waals surface area contributed by atoms with Crippen LogP contribution >= 0.6 is 11.3 Å². The van der Waals surface area contributed by atoms with Crippen molar-refractivity contribution < 1.29 is 4.79 Å². The normalized spacial score (nSPS) is 33.1. The fraction of sp³-hybridized carbons (Fsp3) is 0.583. The van der Waals surface area contributed by atoms with E-state index in [9.17, 15) is 4.79 Å². The number of nitrogens with zero attached hydrogens (tertiary/aromatic N) is 1. The Bertz CT molecular complexity index is 390. The van der Waals surface area contributed by atoms with E-state index in [4.69, 9.17) is 5.73 Å². The number of likely N-dealkylation sites (tertiary alicyclic amines) is 1. The van der Waals surface area contributed by atoms with Crippen LogP contribution in [0.4, 0.5) is 0 Å². The second kappa shape index (κ2) is 3.86. The van der Waals surface area contributed by atoms with E-state index in [1.165, 1.54) is 6.42 Å². The van der Waals surface area contributed by atoms with E-state index in [1.54, 1.807) is 11.3 Å². The molecule has 0 unspecified atom stereocenters. The number of nitrogens with two attached hydrogens (primary N) is 1. The predicted molar refractivity (Wildman–Crippen MR) is 64.4 cm³/mol. The molecule has 1 saturated carbocycles. The summed E-state index contributed by atoms with van der Waals surface area (Å²) in [5.41, 5.74) is 6.90. The Morgan fingerprint density at radius 2 is 2.31 bits per heavy atom. The Labute approximate surface area is 99.2 Å². The summed E-state index contributed by atoms with van der Waals surface area (Å²) >= 11 is 1.58. The maximum Gasteiger partial charge on any atom is 0.254 e. The third-order valence-electron chi connectivity index (χ3n) is 3.97. The van der Waals surface area contributed by atoms with Crippen molar-refractivity contribution in [3.8, 4) is 0 Å². The van der Waals surface area contributed by atoms with Gasteiger partial charge in [0.2, 0.25) is 0 Å². The summed E-state index contributed by atoms with van der Waals surface area (Å²) in [5.74, 6) is 1.38. The Morgan fingerprint density at radius 3 is 3.00 bits per heavy atom. The molecule has 3 atom stereocenters. The van der Waals surface area contributed by atoms with Crippen molar-refractivity contribution in [3.05, 3.63) is 22.4 Å². The van der Waals surface area contributed by atoms with Crippen molar-refractivity contribution >= 4 is 17.2 Å². The minimum absolute atomic E-state index is 0.183. The second-order valence-electron chi connectivity index (χ2n) is 4.89. The molecule has 4 heteroatoms. The van der Waals surface area contributed by atoms with Gasteiger partial charge in [0.05, 0.1) is 5.56 Å². The largest absolute Gasteiger partial charge is 0.338 e. The van der Waals surface area contributed by atoms with Crippen LogP contribution in [0.25, 0.3) is 0 Å². The van der Waals surface area contributed by atoms with Crippen LogP contribution < -0.4 is 5.73 Å². The van der Waals surface area contributed by atoms with Gasteiger partial charge in [-0.05, 0) is 36.1 Å². The number of rotatable bonds is 1. The molecule has 1 aliphatic carbocycles. The molecule has 86 valence electrons. The van der Waals surface area contributed by atoms with Gasteiger partial charge in [0.25, 0.3) is 5.91 Å². The molecule has 2 N–H and O–H groups in total. The number of fused-ring (bicyclic) bond motifs is 1. The number of carbonyl (C=O) groups is 1. The van der Waals surface area contributed by atoms with Crippen molar-refractivity contribution in [1.29, 1.82) is 0 Å². The standard InChI is InChI=1S/C12H16N2OS/c13-11-2-1-8-5-14(6-10(8)11)12(15)9-3-4-16-7-9/h3-4,7-8,10-11H,1-2,5-6,13H2/t8-,10-,11-/m1/s1. The molecule has 1 saturated heterocycles. The molecular weight excluding hydrogens is 220 g/mol. The first-order valence-electron chi connectivity index (χ1n) is 5.83. The summed E-state index contributed by atoms with van der Waals surface area (Å²) in [4.78, 5) is 14.1. The highest BCUT2D eigenvalue weighted by Gasteiger charge is 2.42. The molecule has 2 fully saturated rings. The molecular formula is C12H16N2OS. The maximum absolute atomic E-state index is 12.1. The smallest absolute Gasteiger partial charge is 0.254 e. The van der Waals surface area contributed by atoms with Crippen molar-refractivity contribution in [2.24, 2.45) is 17.6 Å². The summed E-state index contributed by atoms with van der Waals surface area (Å²) in [6.45, 7) is 1.77. The van der Waals surface area contributed by atoms with Crippen LogP contribution in [0.3, 0.4) is 0 Å². The summed E-state index contributed by atoms with van der Waals surface area (Å²) in [6.07, 6.45) is 2.33. The maximum atomic E-state index is 12.1. The Kier molecular flexibility index (Phi) is 2.48. The van der Waals surface area contributed by atoms with Crippen LogP contribution in [-0.2, 0) is 0 Å². The van der Waals surface area contributed by atoms with Crippen molar-refractivity contribution in [3.63, 3.8) is 0 Å². The Morgan fingerprint density at radius 1 is 1.44 bits per heavy atom. The molecule has 0 aromatic carbocycles. The molecule has 1 aromatic heterocycles. The highest BCUT2D eigenvalue weighted by Crippen LogP contribution is 2.37. The van der Waals surface area contributed by atoms with Crippen molar-refractivity contribution in [1.82, 2.24) is 4.90 Å². The lowest BCUT2D eigenvalue weighted by molar-refractivity contribution is 0.0780. The first kappa shape index (κ1) is 10.3. The average Bonchev–Trinajstić information content (AvgIpc) is 2.96. The molecule has 3 rings (SSSR count). The zero-order valence-corrected chi connectivity index (χ0v) is 9.95. The van der Waals surface area contributed by atoms with Gasteiger partial charge in [-0.15, -0.1) is 0 Å². The SMILES string of the molecule is N[C@@H]1CC[C@@H]2CN(C(=O)c3ccsc3)C[C@H]21.